The molecule has 0 unspecified atom stereocenters. The number of pyridine rings is 1. The first-order chi connectivity index (χ1) is 23.6. The van der Waals surface area contributed by atoms with Crippen molar-refractivity contribution in [3.05, 3.63) is 71.9 Å². The average molecular weight is 669 g/mol. The molecule has 0 atom stereocenters. The monoisotopic (exact) mass is 668 g/mol. The van der Waals surface area contributed by atoms with Crippen molar-refractivity contribution in [2.75, 3.05) is 47.8 Å². The number of carbonyl (C=O) groups is 2. The van der Waals surface area contributed by atoms with Crippen LogP contribution in [0.5, 0.6) is 0 Å². The molecule has 2 aliphatic rings. The summed E-state index contributed by atoms with van der Waals surface area (Å²) >= 11 is 0. The van der Waals surface area contributed by atoms with Gasteiger partial charge in [-0.25, -0.2) is 33.5 Å². The summed E-state index contributed by atoms with van der Waals surface area (Å²) in [4.78, 5) is 46.7. The zero-order valence-electron chi connectivity index (χ0n) is 27.2. The Kier molecular flexibility index (Phi) is 8.54. The molecule has 0 radical (unpaired) electrons. The van der Waals surface area contributed by atoms with Crippen LogP contribution in [0.4, 0.5) is 36.8 Å². The molecule has 3 amide bonds. The second-order valence-corrected chi connectivity index (χ2v) is 12.3. The van der Waals surface area contributed by atoms with Gasteiger partial charge < -0.3 is 14.8 Å². The van der Waals surface area contributed by atoms with Gasteiger partial charge in [-0.3, -0.25) is 19.9 Å². The summed E-state index contributed by atoms with van der Waals surface area (Å²) in [7, 11) is 0. The molecule has 16 heteroatoms. The van der Waals surface area contributed by atoms with Crippen LogP contribution in [0.3, 0.4) is 0 Å². The lowest BCUT2D eigenvalue weighted by molar-refractivity contribution is -0.120. The molecule has 49 heavy (non-hydrogen) atoms. The molecule has 6 heterocycles. The second-order valence-electron chi connectivity index (χ2n) is 12.3. The first-order valence-corrected chi connectivity index (χ1v) is 16.0. The normalized spacial score (nSPS) is 15.7. The topological polar surface area (TPSA) is 150 Å². The number of nitrogens with zero attached hydrogens (tertiary/aromatic N) is 10. The number of aromatic nitrogens is 7. The van der Waals surface area contributed by atoms with Gasteiger partial charge in [0.2, 0.25) is 11.9 Å². The molecule has 0 spiro atoms. The minimum Gasteiger partial charge on any atom is -0.368 e. The standard InChI is InChI=1S/C33H34F2N12O2/c1-19(2)47-20(3)38-31-24(34)14-21(15-26(31)47)30-25(35)17-37-32(41-30)39-27-6-5-23(16-36-27)45-12-10-44(11-13-45)18-22-4-7-28(43-42-22)46-9-8-29(48)40-33(46)49/h4-7,14-17,19H,8-13,18H2,1-3H3,(H,40,48,49)(H,36,37,39,41). The number of rotatable bonds is 8. The zero-order valence-corrected chi connectivity index (χ0v) is 27.2. The smallest absolute Gasteiger partial charge is 0.329 e. The number of hydrogen-bond donors (Lipinski definition) is 2. The SMILES string of the molecule is Cc1nc2c(F)cc(-c3nc(Nc4ccc(N5CCN(Cc6ccc(N7CCC(=O)NC7=O)nn6)CC5)cn4)ncc3F)cc2n1C(C)C. The maximum absolute atomic E-state index is 15.1. The molecular formula is C33H34F2N12O2. The van der Waals surface area contributed by atoms with Crippen LogP contribution >= 0.6 is 0 Å². The first kappa shape index (κ1) is 31.9. The number of fused-ring (bicyclic) bond motifs is 1. The van der Waals surface area contributed by atoms with Gasteiger partial charge in [-0.1, -0.05) is 0 Å². The quantitative estimate of drug-likeness (QED) is 0.243. The Morgan fingerprint density at radius 3 is 2.43 bits per heavy atom. The number of aryl methyl sites for hydroxylation is 1. The van der Waals surface area contributed by atoms with Gasteiger partial charge in [-0.15, -0.1) is 5.10 Å². The highest BCUT2D eigenvalue weighted by atomic mass is 19.1. The lowest BCUT2D eigenvalue weighted by atomic mass is 10.1. The van der Waals surface area contributed by atoms with Crippen LogP contribution in [-0.4, -0.2) is 84.3 Å². The van der Waals surface area contributed by atoms with E-state index in [4.69, 9.17) is 0 Å². The number of hydrogen-bond acceptors (Lipinski definition) is 11. The molecule has 2 fully saturated rings. The number of benzene rings is 1. The summed E-state index contributed by atoms with van der Waals surface area (Å²) in [5.41, 5.74) is 2.80. The molecule has 0 bridgehead atoms. The molecule has 14 nitrogen and oxygen atoms in total. The molecule has 2 saturated heterocycles. The van der Waals surface area contributed by atoms with Crippen molar-refractivity contribution in [3.63, 3.8) is 0 Å². The third kappa shape index (κ3) is 6.59. The number of anilines is 4. The van der Waals surface area contributed by atoms with Gasteiger partial charge in [0.05, 0.1) is 29.3 Å². The number of imidazole rings is 1. The van der Waals surface area contributed by atoms with E-state index in [9.17, 15) is 14.0 Å². The number of carbonyl (C=O) groups excluding carboxylic acids is 2. The van der Waals surface area contributed by atoms with Gasteiger partial charge in [0, 0.05) is 57.3 Å². The molecule has 0 saturated carbocycles. The van der Waals surface area contributed by atoms with Crippen LogP contribution in [-0.2, 0) is 11.3 Å². The van der Waals surface area contributed by atoms with Crippen molar-refractivity contribution >= 4 is 46.2 Å². The highest BCUT2D eigenvalue weighted by Gasteiger charge is 2.26. The van der Waals surface area contributed by atoms with Crippen LogP contribution in [0.2, 0.25) is 0 Å². The van der Waals surface area contributed by atoms with Crippen molar-refractivity contribution in [1.82, 2.24) is 44.9 Å². The Morgan fingerprint density at radius 2 is 1.73 bits per heavy atom. The number of amides is 3. The summed E-state index contributed by atoms with van der Waals surface area (Å²) in [6.45, 7) is 9.84. The van der Waals surface area contributed by atoms with Crippen LogP contribution in [0, 0.1) is 18.6 Å². The molecule has 2 N–H and O–H groups in total. The number of nitrogens with one attached hydrogen (secondary N) is 2. The van der Waals surface area contributed by atoms with Crippen molar-refractivity contribution < 1.29 is 18.4 Å². The zero-order chi connectivity index (χ0) is 34.2. The minimum atomic E-state index is -0.673. The van der Waals surface area contributed by atoms with E-state index in [0.29, 0.717) is 29.5 Å². The largest absolute Gasteiger partial charge is 0.368 e. The summed E-state index contributed by atoms with van der Waals surface area (Å²) in [6.07, 6.45) is 3.04. The second kappa shape index (κ2) is 13.1. The third-order valence-corrected chi connectivity index (χ3v) is 8.61. The van der Waals surface area contributed by atoms with E-state index in [1.165, 1.54) is 11.0 Å². The summed E-state index contributed by atoms with van der Waals surface area (Å²) in [6, 6.07) is 9.84. The van der Waals surface area contributed by atoms with Crippen molar-refractivity contribution in [1.29, 1.82) is 0 Å². The van der Waals surface area contributed by atoms with E-state index in [2.05, 4.69) is 50.6 Å². The first-order valence-electron chi connectivity index (χ1n) is 16.0. The van der Waals surface area contributed by atoms with Crippen LogP contribution < -0.4 is 20.4 Å². The summed E-state index contributed by atoms with van der Waals surface area (Å²) in [5, 5.41) is 13.8. The molecular weight excluding hydrogens is 634 g/mol. The molecule has 0 aliphatic carbocycles. The van der Waals surface area contributed by atoms with E-state index < -0.39 is 17.7 Å². The number of urea groups is 1. The van der Waals surface area contributed by atoms with Gasteiger partial charge in [-0.05, 0) is 57.2 Å². The molecule has 4 aromatic heterocycles. The maximum atomic E-state index is 15.1. The van der Waals surface area contributed by atoms with Crippen molar-refractivity contribution in [3.8, 4) is 11.3 Å². The van der Waals surface area contributed by atoms with Gasteiger partial charge in [0.25, 0.3) is 0 Å². The Balaban J connectivity index is 0.967. The Morgan fingerprint density at radius 1 is 0.918 bits per heavy atom. The van der Waals surface area contributed by atoms with Gasteiger partial charge in [-0.2, -0.15) is 5.10 Å². The van der Waals surface area contributed by atoms with E-state index in [1.807, 2.05) is 37.5 Å². The Hall–Kier alpha value is -5.64. The lowest BCUT2D eigenvalue weighted by Gasteiger charge is -2.35. The van der Waals surface area contributed by atoms with E-state index in [0.717, 1.165) is 43.8 Å². The van der Waals surface area contributed by atoms with E-state index in [-0.39, 0.29) is 47.6 Å². The fourth-order valence-electron chi connectivity index (χ4n) is 6.21. The molecule has 7 rings (SSSR count). The van der Waals surface area contributed by atoms with Gasteiger partial charge in [0.1, 0.15) is 22.9 Å². The fraction of sp³-hybridized carbons (Fsp3) is 0.333. The highest BCUT2D eigenvalue weighted by Crippen LogP contribution is 2.30. The van der Waals surface area contributed by atoms with Crippen LogP contribution in [0.15, 0.2) is 48.8 Å². The summed E-state index contributed by atoms with van der Waals surface area (Å²) in [5.74, 6) is 0.177. The summed E-state index contributed by atoms with van der Waals surface area (Å²) < 4.78 is 31.9. The maximum Gasteiger partial charge on any atom is 0.329 e. The molecule has 2 aliphatic heterocycles. The molecule has 5 aromatic rings. The van der Waals surface area contributed by atoms with E-state index in [1.54, 1.807) is 24.4 Å². The lowest BCUT2D eigenvalue weighted by Crippen LogP contribution is -2.50. The molecule has 1 aromatic carbocycles. The average Bonchev–Trinajstić information content (AvgIpc) is 3.43. The minimum absolute atomic E-state index is 0.0315. The fourth-order valence-corrected chi connectivity index (χ4v) is 6.21. The number of halogens is 2. The van der Waals surface area contributed by atoms with Crippen LogP contribution in [0.25, 0.3) is 22.3 Å². The predicted octanol–water partition coefficient (Wildman–Crippen LogP) is 4.36. The van der Waals surface area contributed by atoms with Crippen LogP contribution in [0.1, 0.15) is 37.8 Å². The predicted molar refractivity (Wildman–Crippen MR) is 178 cm³/mol. The highest BCUT2D eigenvalue weighted by molar-refractivity contribution is 6.05. The number of imide groups is 1. The van der Waals surface area contributed by atoms with Crippen molar-refractivity contribution in [2.24, 2.45) is 0 Å². The number of piperazine rings is 1. The Bertz CT molecular complexity index is 2030. The third-order valence-electron chi connectivity index (χ3n) is 8.61. The Labute approximate surface area is 280 Å². The van der Waals surface area contributed by atoms with Gasteiger partial charge in [0.15, 0.2) is 17.5 Å². The molecule has 252 valence electrons. The van der Waals surface area contributed by atoms with E-state index >= 15 is 4.39 Å². The van der Waals surface area contributed by atoms with Gasteiger partial charge >= 0.3 is 6.03 Å². The van der Waals surface area contributed by atoms with Crippen molar-refractivity contribution in [2.45, 2.75) is 39.8 Å².